The van der Waals surface area contributed by atoms with Crippen LogP contribution in [0.3, 0.4) is 0 Å². The molecule has 0 bridgehead atoms. The third-order valence-corrected chi connectivity index (χ3v) is 3.61. The number of amides is 1. The molecule has 0 unspecified atom stereocenters. The van der Waals surface area contributed by atoms with Crippen LogP contribution >= 0.6 is 11.6 Å². The summed E-state index contributed by atoms with van der Waals surface area (Å²) in [5, 5.41) is 2.92. The highest BCUT2D eigenvalue weighted by Gasteiger charge is 2.19. The molecule has 0 aliphatic heterocycles. The fourth-order valence-electron chi connectivity index (χ4n) is 2.06. The van der Waals surface area contributed by atoms with Crippen LogP contribution in [0.5, 0.6) is 0 Å². The molecule has 4 nitrogen and oxygen atoms in total. The predicted molar refractivity (Wildman–Crippen MR) is 89.4 cm³/mol. The first-order chi connectivity index (χ1) is 11.0. The normalized spacial score (nSPS) is 11.6. The average Bonchev–Trinajstić information content (AvgIpc) is 2.53. The monoisotopic (exact) mass is 331 g/mol. The quantitative estimate of drug-likeness (QED) is 0.853. The van der Waals surface area contributed by atoms with Gasteiger partial charge in [-0.3, -0.25) is 4.79 Å². The summed E-state index contributed by atoms with van der Waals surface area (Å²) in [5.41, 5.74) is 2.33. The van der Waals surface area contributed by atoms with E-state index in [1.165, 1.54) is 0 Å². The van der Waals surface area contributed by atoms with Crippen molar-refractivity contribution >= 4 is 23.5 Å². The second-order valence-corrected chi connectivity index (χ2v) is 5.68. The van der Waals surface area contributed by atoms with E-state index in [1.54, 1.807) is 31.2 Å². The summed E-state index contributed by atoms with van der Waals surface area (Å²) in [6.07, 6.45) is 0. The van der Waals surface area contributed by atoms with E-state index < -0.39 is 17.9 Å². The van der Waals surface area contributed by atoms with Gasteiger partial charge in [-0.05, 0) is 31.5 Å². The van der Waals surface area contributed by atoms with Crippen molar-refractivity contribution < 1.29 is 14.3 Å². The second-order valence-electron chi connectivity index (χ2n) is 5.27. The number of carbonyl (C=O) groups excluding carboxylic acids is 2. The number of aryl methyl sites for hydroxylation is 1. The Morgan fingerprint density at radius 3 is 2.61 bits per heavy atom. The highest BCUT2D eigenvalue weighted by molar-refractivity contribution is 6.33. The Bertz CT molecular complexity index is 715. The van der Waals surface area contributed by atoms with Gasteiger partial charge in [0.25, 0.3) is 5.91 Å². The summed E-state index contributed by atoms with van der Waals surface area (Å²) in [6.45, 7) is 3.72. The third-order valence-electron chi connectivity index (χ3n) is 3.28. The van der Waals surface area contributed by atoms with Crippen LogP contribution in [-0.2, 0) is 16.1 Å². The van der Waals surface area contributed by atoms with E-state index in [2.05, 4.69) is 5.32 Å². The summed E-state index contributed by atoms with van der Waals surface area (Å²) in [7, 11) is 0. The first kappa shape index (κ1) is 17.0. The Balaban J connectivity index is 1.90. The van der Waals surface area contributed by atoms with E-state index in [9.17, 15) is 9.59 Å². The first-order valence-electron chi connectivity index (χ1n) is 7.25. The zero-order chi connectivity index (χ0) is 16.8. The van der Waals surface area contributed by atoms with Crippen molar-refractivity contribution in [3.8, 4) is 0 Å². The van der Waals surface area contributed by atoms with Crippen LogP contribution in [0, 0.1) is 6.92 Å². The maximum Gasteiger partial charge on any atom is 0.328 e. The van der Waals surface area contributed by atoms with Crippen molar-refractivity contribution in [3.05, 3.63) is 70.2 Å². The number of carbonyl (C=O) groups is 2. The van der Waals surface area contributed by atoms with Crippen molar-refractivity contribution in [1.82, 2.24) is 5.32 Å². The SMILES string of the molecule is Cc1cccc(COC(=O)[C@H](C)NC(=O)c2ccccc2Cl)c1. The van der Waals surface area contributed by atoms with Crippen LogP contribution in [0.1, 0.15) is 28.4 Å². The number of ether oxygens (including phenoxy) is 1. The fourth-order valence-corrected chi connectivity index (χ4v) is 2.28. The second kappa shape index (κ2) is 7.79. The fraction of sp³-hybridized carbons (Fsp3) is 0.222. The maximum absolute atomic E-state index is 12.1. The Labute approximate surface area is 140 Å². The molecule has 2 aromatic rings. The van der Waals surface area contributed by atoms with Gasteiger partial charge in [0, 0.05) is 0 Å². The number of rotatable bonds is 5. The van der Waals surface area contributed by atoms with Crippen LogP contribution in [0.2, 0.25) is 5.02 Å². The summed E-state index contributed by atoms with van der Waals surface area (Å²) in [5.74, 6) is -0.900. The third kappa shape index (κ3) is 4.83. The molecule has 0 saturated heterocycles. The van der Waals surface area contributed by atoms with Crippen molar-refractivity contribution in [2.75, 3.05) is 0 Å². The minimum atomic E-state index is -0.761. The predicted octanol–water partition coefficient (Wildman–Crippen LogP) is 3.51. The molecule has 0 fully saturated rings. The molecule has 0 aliphatic carbocycles. The van der Waals surface area contributed by atoms with Gasteiger partial charge in [-0.25, -0.2) is 4.79 Å². The number of benzene rings is 2. The van der Waals surface area contributed by atoms with E-state index in [0.717, 1.165) is 11.1 Å². The van der Waals surface area contributed by atoms with E-state index >= 15 is 0 Å². The summed E-state index contributed by atoms with van der Waals surface area (Å²) in [4.78, 5) is 24.1. The Morgan fingerprint density at radius 2 is 1.91 bits per heavy atom. The highest BCUT2D eigenvalue weighted by Crippen LogP contribution is 2.14. The summed E-state index contributed by atoms with van der Waals surface area (Å²) < 4.78 is 5.23. The number of hydrogen-bond acceptors (Lipinski definition) is 3. The molecule has 2 aromatic carbocycles. The van der Waals surface area contributed by atoms with E-state index in [4.69, 9.17) is 16.3 Å². The lowest BCUT2D eigenvalue weighted by Crippen LogP contribution is -2.39. The van der Waals surface area contributed by atoms with Gasteiger partial charge in [-0.2, -0.15) is 0 Å². The lowest BCUT2D eigenvalue weighted by molar-refractivity contribution is -0.146. The molecule has 23 heavy (non-hydrogen) atoms. The summed E-state index contributed by atoms with van der Waals surface area (Å²) in [6, 6.07) is 13.6. The van der Waals surface area contributed by atoms with Crippen LogP contribution in [0.4, 0.5) is 0 Å². The standard InChI is InChI=1S/C18H18ClNO3/c1-12-6-5-7-14(10-12)11-23-18(22)13(2)20-17(21)15-8-3-4-9-16(15)19/h3-10,13H,11H2,1-2H3,(H,20,21)/t13-/m0/s1. The van der Waals surface area contributed by atoms with Crippen LogP contribution in [-0.4, -0.2) is 17.9 Å². The zero-order valence-corrected chi connectivity index (χ0v) is 13.8. The van der Waals surface area contributed by atoms with Gasteiger partial charge in [-0.15, -0.1) is 0 Å². The first-order valence-corrected chi connectivity index (χ1v) is 7.62. The van der Waals surface area contributed by atoms with Crippen molar-refractivity contribution in [1.29, 1.82) is 0 Å². The van der Waals surface area contributed by atoms with Gasteiger partial charge in [-0.1, -0.05) is 53.6 Å². The molecular weight excluding hydrogens is 314 g/mol. The van der Waals surface area contributed by atoms with Gasteiger partial charge < -0.3 is 10.1 Å². The molecule has 0 aliphatic rings. The largest absolute Gasteiger partial charge is 0.459 e. The minimum absolute atomic E-state index is 0.173. The molecule has 0 heterocycles. The molecule has 0 aromatic heterocycles. The number of hydrogen-bond donors (Lipinski definition) is 1. The smallest absolute Gasteiger partial charge is 0.328 e. The van der Waals surface area contributed by atoms with Crippen molar-refractivity contribution in [2.45, 2.75) is 26.5 Å². The van der Waals surface area contributed by atoms with E-state index in [1.807, 2.05) is 31.2 Å². The zero-order valence-electron chi connectivity index (χ0n) is 13.0. The van der Waals surface area contributed by atoms with Gasteiger partial charge >= 0.3 is 5.97 Å². The van der Waals surface area contributed by atoms with Crippen molar-refractivity contribution in [2.24, 2.45) is 0 Å². The van der Waals surface area contributed by atoms with Gasteiger partial charge in [0.15, 0.2) is 0 Å². The molecule has 1 amide bonds. The lowest BCUT2D eigenvalue weighted by Gasteiger charge is -2.14. The molecule has 0 spiro atoms. The topological polar surface area (TPSA) is 55.4 Å². The molecular formula is C18H18ClNO3. The number of esters is 1. The number of halogens is 1. The molecule has 120 valence electrons. The Kier molecular flexibility index (Phi) is 5.77. The molecule has 1 atom stereocenters. The summed E-state index contributed by atoms with van der Waals surface area (Å²) >= 11 is 5.96. The van der Waals surface area contributed by atoms with Crippen molar-refractivity contribution in [3.63, 3.8) is 0 Å². The van der Waals surface area contributed by atoms with Gasteiger partial charge in [0.2, 0.25) is 0 Å². The maximum atomic E-state index is 12.1. The average molecular weight is 332 g/mol. The minimum Gasteiger partial charge on any atom is -0.459 e. The molecule has 1 N–H and O–H groups in total. The van der Waals surface area contributed by atoms with E-state index in [-0.39, 0.29) is 6.61 Å². The van der Waals surface area contributed by atoms with Crippen LogP contribution < -0.4 is 5.32 Å². The van der Waals surface area contributed by atoms with Crippen LogP contribution in [0.25, 0.3) is 0 Å². The van der Waals surface area contributed by atoms with Gasteiger partial charge in [0.05, 0.1) is 10.6 Å². The van der Waals surface area contributed by atoms with Gasteiger partial charge in [0.1, 0.15) is 12.6 Å². The highest BCUT2D eigenvalue weighted by atomic mass is 35.5. The molecule has 0 radical (unpaired) electrons. The van der Waals surface area contributed by atoms with E-state index in [0.29, 0.717) is 10.6 Å². The number of nitrogens with one attached hydrogen (secondary N) is 1. The molecule has 5 heteroatoms. The molecule has 0 saturated carbocycles. The Morgan fingerprint density at radius 1 is 1.17 bits per heavy atom. The molecule has 2 rings (SSSR count). The Hall–Kier alpha value is -2.33. The lowest BCUT2D eigenvalue weighted by atomic mass is 10.1. The van der Waals surface area contributed by atoms with Crippen LogP contribution in [0.15, 0.2) is 48.5 Å².